The quantitative estimate of drug-likeness (QED) is 0.296. The van der Waals surface area contributed by atoms with Crippen molar-refractivity contribution in [1.29, 1.82) is 0 Å². The summed E-state index contributed by atoms with van der Waals surface area (Å²) in [6.45, 7) is 10.8. The molecule has 8 nitrogen and oxygen atoms in total. The number of rotatable bonds is 13. The lowest BCUT2D eigenvalue weighted by molar-refractivity contribution is 0.0704. The lowest BCUT2D eigenvalue weighted by Crippen LogP contribution is -2.39. The first-order chi connectivity index (χ1) is 18.4. The third-order valence-electron chi connectivity index (χ3n) is 6.58. The van der Waals surface area contributed by atoms with E-state index in [-0.39, 0.29) is 12.2 Å². The predicted octanol–water partition coefficient (Wildman–Crippen LogP) is 4.32. The number of aldehydes is 1. The van der Waals surface area contributed by atoms with Gasteiger partial charge in [-0.05, 0) is 44.5 Å². The van der Waals surface area contributed by atoms with Gasteiger partial charge in [0.25, 0.3) is 0 Å². The second-order valence-electron chi connectivity index (χ2n) is 9.77. The molecule has 2 aromatic carbocycles. The van der Waals surface area contributed by atoms with Crippen LogP contribution in [0.25, 0.3) is 0 Å². The van der Waals surface area contributed by atoms with E-state index < -0.39 is 0 Å². The van der Waals surface area contributed by atoms with Crippen molar-refractivity contribution in [2.45, 2.75) is 52.3 Å². The van der Waals surface area contributed by atoms with Crippen molar-refractivity contribution < 1.29 is 23.8 Å². The number of alkyl carbamates (subject to hydrolysis) is 1. The maximum Gasteiger partial charge on any atom is 0.407 e. The van der Waals surface area contributed by atoms with Crippen LogP contribution in [0, 0.1) is 5.92 Å². The molecule has 2 N–H and O–H groups in total. The lowest BCUT2D eigenvalue weighted by Gasteiger charge is -2.27. The van der Waals surface area contributed by atoms with Crippen LogP contribution in [0.2, 0.25) is 0 Å². The van der Waals surface area contributed by atoms with E-state index in [1.54, 1.807) is 13.2 Å². The molecule has 38 heavy (non-hydrogen) atoms. The fourth-order valence-corrected chi connectivity index (χ4v) is 4.02. The molecule has 210 valence electrons. The Hall–Kier alpha value is -2.94. The highest BCUT2D eigenvalue weighted by molar-refractivity contribution is 5.75. The number of hydrogen-bond acceptors (Lipinski definition) is 7. The summed E-state index contributed by atoms with van der Waals surface area (Å²) in [4.78, 5) is 24.9. The highest BCUT2D eigenvalue weighted by Crippen LogP contribution is 2.20. The number of hydrogen-bond donors (Lipinski definition) is 2. The van der Waals surface area contributed by atoms with Crippen molar-refractivity contribution in [2.75, 3.05) is 47.0 Å². The summed E-state index contributed by atoms with van der Waals surface area (Å²) < 4.78 is 16.2. The second kappa shape index (κ2) is 17.5. The van der Waals surface area contributed by atoms with Crippen molar-refractivity contribution in [3.8, 4) is 5.75 Å². The van der Waals surface area contributed by atoms with Crippen molar-refractivity contribution in [3.63, 3.8) is 0 Å². The molecule has 1 aliphatic rings. The monoisotopic (exact) mass is 527 g/mol. The largest absolute Gasteiger partial charge is 0.493 e. The standard InChI is InChI=1S/C17H27N3O2.C13H18O3/c1-13(2)20(3)12-15-10-18-11-16(15)22-17(21)19-9-14-7-5-4-6-8-14;1-3-12-6-5-11(10-14)9-13(12)16-8-4-7-15-2/h4-8,13,15-16,18H,9-12H2,1-3H3,(H,19,21);5-6,9-10H,3-4,7-8H2,1-2H3/t15-,16?;/m0./s1. The number of nitrogens with zero attached hydrogens (tertiary/aromatic N) is 1. The molecule has 1 saturated heterocycles. The fraction of sp³-hybridized carbons (Fsp3) is 0.533. The van der Waals surface area contributed by atoms with Gasteiger partial charge in [-0.1, -0.05) is 49.4 Å². The molecular formula is C30H45N3O5. The van der Waals surface area contributed by atoms with Crippen LogP contribution in [0.4, 0.5) is 4.79 Å². The van der Waals surface area contributed by atoms with E-state index in [1.807, 2.05) is 42.5 Å². The first-order valence-corrected chi connectivity index (χ1v) is 13.5. The van der Waals surface area contributed by atoms with Crippen molar-refractivity contribution in [3.05, 3.63) is 65.2 Å². The molecular weight excluding hydrogens is 482 g/mol. The van der Waals surface area contributed by atoms with Gasteiger partial charge >= 0.3 is 6.09 Å². The maximum absolute atomic E-state index is 12.0. The first kappa shape index (κ1) is 31.3. The van der Waals surface area contributed by atoms with Gasteiger partial charge in [-0.25, -0.2) is 4.79 Å². The van der Waals surface area contributed by atoms with Crippen LogP contribution in [0.15, 0.2) is 48.5 Å². The molecule has 1 fully saturated rings. The Kier molecular flexibility index (Phi) is 14.4. The SMILES string of the molecule is CC(C)N(C)C[C@@H]1CNCC1OC(=O)NCc1ccccc1.CCc1ccc(C=O)cc1OCCCOC. The second-order valence-corrected chi connectivity index (χ2v) is 9.77. The number of carbonyl (C=O) groups excluding carboxylic acids is 2. The van der Waals surface area contributed by atoms with Gasteiger partial charge in [0.05, 0.1) is 6.61 Å². The van der Waals surface area contributed by atoms with Crippen LogP contribution in [-0.4, -0.2) is 76.4 Å². The van der Waals surface area contributed by atoms with Gasteiger partial charge in [-0.2, -0.15) is 0 Å². The van der Waals surface area contributed by atoms with Crippen LogP contribution in [0.3, 0.4) is 0 Å². The Morgan fingerprint density at radius 3 is 2.58 bits per heavy atom. The van der Waals surface area contributed by atoms with Crippen LogP contribution in [-0.2, 0) is 22.4 Å². The molecule has 0 radical (unpaired) electrons. The van der Waals surface area contributed by atoms with E-state index in [0.717, 1.165) is 55.6 Å². The lowest BCUT2D eigenvalue weighted by atomic mass is 10.1. The molecule has 1 heterocycles. The molecule has 1 aliphatic heterocycles. The number of methoxy groups -OCH3 is 1. The number of benzene rings is 2. The molecule has 0 aliphatic carbocycles. The van der Waals surface area contributed by atoms with Gasteiger partial charge in [-0.3, -0.25) is 4.79 Å². The Morgan fingerprint density at radius 2 is 1.92 bits per heavy atom. The van der Waals surface area contributed by atoms with Crippen LogP contribution in [0.1, 0.15) is 48.7 Å². The summed E-state index contributed by atoms with van der Waals surface area (Å²) in [5, 5.41) is 6.13. The third kappa shape index (κ3) is 11.2. The van der Waals surface area contributed by atoms with Gasteiger partial charge < -0.3 is 29.7 Å². The van der Waals surface area contributed by atoms with Crippen LogP contribution >= 0.6 is 0 Å². The summed E-state index contributed by atoms with van der Waals surface area (Å²) in [5.74, 6) is 1.15. The minimum atomic E-state index is -0.338. The summed E-state index contributed by atoms with van der Waals surface area (Å²) in [6, 6.07) is 15.9. The van der Waals surface area contributed by atoms with Crippen molar-refractivity contribution in [1.82, 2.24) is 15.5 Å². The highest BCUT2D eigenvalue weighted by atomic mass is 16.6. The summed E-state index contributed by atoms with van der Waals surface area (Å²) in [5.41, 5.74) is 2.85. The molecule has 1 unspecified atom stereocenters. The minimum Gasteiger partial charge on any atom is -0.493 e. The average Bonchev–Trinajstić information content (AvgIpc) is 3.36. The van der Waals surface area contributed by atoms with E-state index in [4.69, 9.17) is 14.2 Å². The van der Waals surface area contributed by atoms with E-state index in [9.17, 15) is 9.59 Å². The number of ether oxygens (including phenoxy) is 3. The Balaban J connectivity index is 0.000000281. The average molecular weight is 528 g/mol. The Labute approximate surface area is 228 Å². The molecule has 0 spiro atoms. The minimum absolute atomic E-state index is 0.0584. The Morgan fingerprint density at radius 1 is 1.16 bits per heavy atom. The summed E-state index contributed by atoms with van der Waals surface area (Å²) in [6.07, 6.45) is 2.19. The zero-order chi connectivity index (χ0) is 27.8. The highest BCUT2D eigenvalue weighted by Gasteiger charge is 2.31. The third-order valence-corrected chi connectivity index (χ3v) is 6.58. The van der Waals surface area contributed by atoms with E-state index in [0.29, 0.717) is 37.3 Å². The zero-order valence-electron chi connectivity index (χ0n) is 23.6. The topological polar surface area (TPSA) is 89.1 Å². The number of aryl methyl sites for hydroxylation is 1. The first-order valence-electron chi connectivity index (χ1n) is 13.5. The fourth-order valence-electron chi connectivity index (χ4n) is 4.02. The van der Waals surface area contributed by atoms with Crippen molar-refractivity contribution in [2.24, 2.45) is 5.92 Å². The molecule has 2 aromatic rings. The molecule has 0 aromatic heterocycles. The predicted molar refractivity (Wildman–Crippen MR) is 151 cm³/mol. The van der Waals surface area contributed by atoms with Crippen LogP contribution < -0.4 is 15.4 Å². The molecule has 0 saturated carbocycles. The van der Waals surface area contributed by atoms with Gasteiger partial charge in [0.2, 0.25) is 0 Å². The van der Waals surface area contributed by atoms with Gasteiger partial charge in [0, 0.05) is 63.8 Å². The van der Waals surface area contributed by atoms with E-state index >= 15 is 0 Å². The van der Waals surface area contributed by atoms with Crippen LogP contribution in [0.5, 0.6) is 5.75 Å². The zero-order valence-corrected chi connectivity index (χ0v) is 23.6. The molecule has 2 atom stereocenters. The number of amides is 1. The summed E-state index contributed by atoms with van der Waals surface area (Å²) in [7, 11) is 3.78. The van der Waals surface area contributed by atoms with Gasteiger partial charge in [-0.15, -0.1) is 0 Å². The van der Waals surface area contributed by atoms with Gasteiger partial charge in [0.15, 0.2) is 0 Å². The smallest absolute Gasteiger partial charge is 0.407 e. The maximum atomic E-state index is 12.0. The Bertz CT molecular complexity index is 954. The normalized spacial score (nSPS) is 16.6. The number of nitrogens with one attached hydrogen (secondary N) is 2. The molecule has 0 bridgehead atoms. The van der Waals surface area contributed by atoms with Gasteiger partial charge in [0.1, 0.15) is 18.1 Å². The van der Waals surface area contributed by atoms with Crippen molar-refractivity contribution >= 4 is 12.4 Å². The molecule has 3 rings (SSSR count). The molecule has 8 heteroatoms. The van der Waals surface area contributed by atoms with E-state index in [2.05, 4.69) is 43.4 Å². The summed E-state index contributed by atoms with van der Waals surface area (Å²) >= 11 is 0. The number of carbonyl (C=O) groups is 2. The van der Waals surface area contributed by atoms with E-state index in [1.165, 1.54) is 0 Å². The molecule has 1 amide bonds.